The second kappa shape index (κ2) is 8.33. The number of nitrogens with two attached hydrogens (primary N) is 1. The number of carbonyl (C=O) groups is 3. The van der Waals surface area contributed by atoms with Gasteiger partial charge in [-0.3, -0.25) is 9.59 Å². The minimum Gasteiger partial charge on any atom is -0.484 e. The molecule has 2 rings (SSSR count). The number of piperidine rings is 1. The number of rotatable bonds is 6. The molecule has 2 amide bonds. The van der Waals surface area contributed by atoms with E-state index in [1.54, 1.807) is 4.90 Å². The van der Waals surface area contributed by atoms with Gasteiger partial charge < -0.3 is 20.1 Å². The molecular weight excluding hydrogens is 312 g/mol. The molecule has 24 heavy (non-hydrogen) atoms. The van der Waals surface area contributed by atoms with Gasteiger partial charge in [-0.15, -0.1) is 0 Å². The van der Waals surface area contributed by atoms with Crippen LogP contribution in [0.1, 0.15) is 30.1 Å². The highest BCUT2D eigenvalue weighted by atomic mass is 16.5. The van der Waals surface area contributed by atoms with E-state index in [-0.39, 0.29) is 19.1 Å². The fraction of sp³-hybridized carbons (Fsp3) is 0.471. The third-order valence-electron chi connectivity index (χ3n) is 3.81. The van der Waals surface area contributed by atoms with Crippen molar-refractivity contribution in [3.8, 4) is 5.75 Å². The topological polar surface area (TPSA) is 98.9 Å². The molecule has 1 saturated heterocycles. The molecule has 1 aliphatic heterocycles. The van der Waals surface area contributed by atoms with E-state index in [0.717, 1.165) is 12.8 Å². The van der Waals surface area contributed by atoms with Gasteiger partial charge in [-0.1, -0.05) is 6.92 Å². The van der Waals surface area contributed by atoms with Gasteiger partial charge in [0.05, 0.1) is 5.56 Å². The van der Waals surface area contributed by atoms with Gasteiger partial charge >= 0.3 is 5.97 Å². The average molecular weight is 334 g/mol. The van der Waals surface area contributed by atoms with Crippen LogP contribution in [-0.4, -0.2) is 49.0 Å². The monoisotopic (exact) mass is 334 g/mol. The Bertz CT molecular complexity index is 600. The quantitative estimate of drug-likeness (QED) is 0.782. The van der Waals surface area contributed by atoms with Crippen molar-refractivity contribution < 1.29 is 23.9 Å². The Morgan fingerprint density at radius 1 is 1.21 bits per heavy atom. The lowest BCUT2D eigenvalue weighted by atomic mass is 10.0. The van der Waals surface area contributed by atoms with Gasteiger partial charge in [-0.25, -0.2) is 4.79 Å². The van der Waals surface area contributed by atoms with E-state index in [2.05, 4.69) is 6.92 Å². The average Bonchev–Trinajstić information content (AvgIpc) is 2.58. The van der Waals surface area contributed by atoms with Gasteiger partial charge in [0.15, 0.2) is 13.2 Å². The van der Waals surface area contributed by atoms with E-state index in [0.29, 0.717) is 30.3 Å². The second-order valence-electron chi connectivity index (χ2n) is 5.94. The van der Waals surface area contributed by atoms with Gasteiger partial charge in [0.1, 0.15) is 5.75 Å². The highest BCUT2D eigenvalue weighted by Crippen LogP contribution is 2.16. The fourth-order valence-electron chi connectivity index (χ4n) is 2.56. The van der Waals surface area contributed by atoms with Gasteiger partial charge in [0.25, 0.3) is 11.8 Å². The lowest BCUT2D eigenvalue weighted by Crippen LogP contribution is -2.41. The maximum Gasteiger partial charge on any atom is 0.338 e. The molecule has 7 nitrogen and oxygen atoms in total. The first-order valence-corrected chi connectivity index (χ1v) is 7.92. The Morgan fingerprint density at radius 2 is 1.92 bits per heavy atom. The molecule has 1 aliphatic rings. The van der Waals surface area contributed by atoms with Crippen molar-refractivity contribution in [3.05, 3.63) is 29.8 Å². The summed E-state index contributed by atoms with van der Waals surface area (Å²) in [5.41, 5.74) is 5.29. The summed E-state index contributed by atoms with van der Waals surface area (Å²) in [4.78, 5) is 36.4. The molecule has 0 saturated carbocycles. The highest BCUT2D eigenvalue weighted by Gasteiger charge is 2.22. The van der Waals surface area contributed by atoms with E-state index in [9.17, 15) is 14.4 Å². The molecule has 0 radical (unpaired) electrons. The van der Waals surface area contributed by atoms with Crippen LogP contribution >= 0.6 is 0 Å². The molecule has 0 aromatic heterocycles. The molecule has 0 spiro atoms. The van der Waals surface area contributed by atoms with E-state index in [1.165, 1.54) is 24.3 Å². The summed E-state index contributed by atoms with van der Waals surface area (Å²) in [5.74, 6) is -0.426. The Morgan fingerprint density at radius 3 is 2.54 bits per heavy atom. The number of benzene rings is 1. The van der Waals surface area contributed by atoms with E-state index in [4.69, 9.17) is 15.2 Å². The molecule has 1 heterocycles. The molecule has 0 unspecified atom stereocenters. The van der Waals surface area contributed by atoms with Gasteiger partial charge in [-0.2, -0.15) is 0 Å². The highest BCUT2D eigenvalue weighted by molar-refractivity contribution is 5.91. The molecule has 2 N–H and O–H groups in total. The van der Waals surface area contributed by atoms with Crippen LogP contribution in [0.2, 0.25) is 0 Å². The Labute approximate surface area is 140 Å². The summed E-state index contributed by atoms with van der Waals surface area (Å²) < 4.78 is 10.2. The molecule has 130 valence electrons. The summed E-state index contributed by atoms with van der Waals surface area (Å²) >= 11 is 0. The molecule has 1 aromatic rings. The van der Waals surface area contributed by atoms with Crippen LogP contribution in [0.4, 0.5) is 0 Å². The van der Waals surface area contributed by atoms with Crippen LogP contribution in [-0.2, 0) is 14.3 Å². The lowest BCUT2D eigenvalue weighted by molar-refractivity contribution is -0.136. The Balaban J connectivity index is 1.81. The fourth-order valence-corrected chi connectivity index (χ4v) is 2.56. The zero-order valence-corrected chi connectivity index (χ0v) is 13.7. The number of primary amides is 1. The van der Waals surface area contributed by atoms with Crippen molar-refractivity contribution in [1.82, 2.24) is 4.90 Å². The predicted octanol–water partition coefficient (Wildman–Crippen LogP) is 0.966. The summed E-state index contributed by atoms with van der Waals surface area (Å²) in [6.45, 7) is 3.04. The van der Waals surface area contributed by atoms with Gasteiger partial charge in [0, 0.05) is 13.1 Å². The summed E-state index contributed by atoms with van der Waals surface area (Å²) in [6.07, 6.45) is 2.10. The normalized spacial score (nSPS) is 17.2. The van der Waals surface area contributed by atoms with Crippen molar-refractivity contribution in [2.75, 3.05) is 26.3 Å². The van der Waals surface area contributed by atoms with Crippen LogP contribution in [0.15, 0.2) is 24.3 Å². The molecular formula is C17H22N2O5. The standard InChI is InChI=1S/C17H22N2O5/c1-12-3-2-8-19(9-12)16(21)11-24-17(22)13-4-6-14(7-5-13)23-10-15(18)20/h4-7,12H,2-3,8-11H2,1H3,(H2,18,20)/t12-/m1/s1. The number of carbonyl (C=O) groups excluding carboxylic acids is 3. The zero-order valence-electron chi connectivity index (χ0n) is 13.7. The minimum absolute atomic E-state index is 0.170. The summed E-state index contributed by atoms with van der Waals surface area (Å²) in [5, 5.41) is 0. The van der Waals surface area contributed by atoms with Crippen molar-refractivity contribution in [2.45, 2.75) is 19.8 Å². The third kappa shape index (κ3) is 5.26. The van der Waals surface area contributed by atoms with Gasteiger partial charge in [-0.05, 0) is 43.0 Å². The third-order valence-corrected chi connectivity index (χ3v) is 3.81. The Hall–Kier alpha value is -2.57. The molecule has 1 atom stereocenters. The van der Waals surface area contributed by atoms with Gasteiger partial charge in [0.2, 0.25) is 0 Å². The van der Waals surface area contributed by atoms with E-state index >= 15 is 0 Å². The number of hydrogen-bond acceptors (Lipinski definition) is 5. The predicted molar refractivity (Wildman–Crippen MR) is 86.4 cm³/mol. The molecule has 0 bridgehead atoms. The summed E-state index contributed by atoms with van der Waals surface area (Å²) in [7, 11) is 0. The number of amides is 2. The molecule has 7 heteroatoms. The number of likely N-dealkylation sites (tertiary alicyclic amines) is 1. The van der Waals surface area contributed by atoms with Crippen molar-refractivity contribution >= 4 is 17.8 Å². The van der Waals surface area contributed by atoms with Crippen LogP contribution in [0.3, 0.4) is 0 Å². The first-order valence-electron chi connectivity index (χ1n) is 7.92. The number of hydrogen-bond donors (Lipinski definition) is 1. The molecule has 0 aliphatic carbocycles. The first-order chi connectivity index (χ1) is 11.5. The molecule has 1 fully saturated rings. The van der Waals surface area contributed by atoms with Crippen molar-refractivity contribution in [3.63, 3.8) is 0 Å². The largest absolute Gasteiger partial charge is 0.484 e. The minimum atomic E-state index is -0.580. The number of esters is 1. The number of nitrogens with zero attached hydrogens (tertiary/aromatic N) is 1. The second-order valence-corrected chi connectivity index (χ2v) is 5.94. The van der Waals surface area contributed by atoms with Crippen LogP contribution in [0.5, 0.6) is 5.75 Å². The summed E-state index contributed by atoms with van der Waals surface area (Å²) in [6, 6.07) is 6.08. The lowest BCUT2D eigenvalue weighted by Gasteiger charge is -2.30. The SMILES string of the molecule is C[C@@H]1CCCN(C(=O)COC(=O)c2ccc(OCC(N)=O)cc2)C1. The number of ether oxygens (including phenoxy) is 2. The van der Waals surface area contributed by atoms with Crippen LogP contribution in [0, 0.1) is 5.92 Å². The van der Waals surface area contributed by atoms with E-state index in [1.807, 2.05) is 0 Å². The van der Waals surface area contributed by atoms with Crippen molar-refractivity contribution in [2.24, 2.45) is 11.7 Å². The Kier molecular flexibility index (Phi) is 6.17. The van der Waals surface area contributed by atoms with Crippen molar-refractivity contribution in [1.29, 1.82) is 0 Å². The smallest absolute Gasteiger partial charge is 0.338 e. The van der Waals surface area contributed by atoms with Crippen LogP contribution in [0.25, 0.3) is 0 Å². The maximum absolute atomic E-state index is 12.1. The van der Waals surface area contributed by atoms with E-state index < -0.39 is 11.9 Å². The maximum atomic E-state index is 12.1. The first kappa shape index (κ1) is 17.8. The van der Waals surface area contributed by atoms with Crippen LogP contribution < -0.4 is 10.5 Å². The molecule has 1 aromatic carbocycles. The zero-order chi connectivity index (χ0) is 17.5.